The van der Waals surface area contributed by atoms with Crippen LogP contribution in [0.3, 0.4) is 0 Å². The summed E-state index contributed by atoms with van der Waals surface area (Å²) in [7, 11) is 3.98. The van der Waals surface area contributed by atoms with Gasteiger partial charge in [0.15, 0.2) is 0 Å². The summed E-state index contributed by atoms with van der Waals surface area (Å²) in [6.45, 7) is 5.23. The van der Waals surface area contributed by atoms with Gasteiger partial charge in [0.05, 0.1) is 11.8 Å². The lowest BCUT2D eigenvalue weighted by Gasteiger charge is -2.39. The molecule has 7 atom stereocenters. The number of hydrogen-bond acceptors (Lipinski definition) is 8. The van der Waals surface area contributed by atoms with Gasteiger partial charge < -0.3 is 44.3 Å². The van der Waals surface area contributed by atoms with Crippen molar-refractivity contribution in [1.82, 2.24) is 9.88 Å². The second-order valence-electron chi connectivity index (χ2n) is 11.9. The molecule has 44 heavy (non-hydrogen) atoms. The second-order valence-corrected chi connectivity index (χ2v) is 12.6. The number of aromatic nitrogens is 1. The van der Waals surface area contributed by atoms with Crippen LogP contribution in [0.2, 0.25) is 0 Å². The van der Waals surface area contributed by atoms with Gasteiger partial charge >= 0.3 is 0 Å². The molecule has 2 unspecified atom stereocenters. The Morgan fingerprint density at radius 3 is 2.57 bits per heavy atom. The molecular weight excluding hydrogens is 586 g/mol. The summed E-state index contributed by atoms with van der Waals surface area (Å²) in [5.41, 5.74) is 2.82. The average molecular weight is 624 g/mol. The van der Waals surface area contributed by atoms with Crippen LogP contribution < -0.4 is 14.4 Å². The number of aliphatic hydroxyl groups excluding tert-OH is 3. The van der Waals surface area contributed by atoms with Crippen molar-refractivity contribution in [3.8, 4) is 11.5 Å². The van der Waals surface area contributed by atoms with Gasteiger partial charge in [-0.2, -0.15) is 0 Å². The Bertz CT molecular complexity index is 1670. The van der Waals surface area contributed by atoms with Crippen molar-refractivity contribution < 1.29 is 34.3 Å². The maximum Gasteiger partial charge on any atom is 0.274 e. The lowest BCUT2D eigenvalue weighted by molar-refractivity contribution is -0.267. The zero-order valence-corrected chi connectivity index (χ0v) is 25.9. The van der Waals surface area contributed by atoms with E-state index in [9.17, 15) is 20.1 Å². The van der Waals surface area contributed by atoms with E-state index in [1.165, 1.54) is 0 Å². The number of carbonyl (C=O) groups excluding carboxylic acids is 1. The van der Waals surface area contributed by atoms with E-state index < -0.39 is 30.7 Å². The highest BCUT2D eigenvalue weighted by Crippen LogP contribution is 2.48. The number of rotatable bonds is 8. The number of likely N-dealkylation sites (N-methyl/N-ethyl adjacent to an activating group) is 1. The molecule has 10 nitrogen and oxygen atoms in total. The van der Waals surface area contributed by atoms with Gasteiger partial charge in [-0.1, -0.05) is 24.3 Å². The number of nitrogens with zero attached hydrogens (tertiary/aromatic N) is 2. The SMILES string of the molecule is CC(Cl)C1CN(C(=O)c2cc3cc(OCCN(C)C)ccc3[nH]2)c2cc(O[C@@H]3O[C@@H](C)[C@H](O)[C@@H](O)[C@H]3O)c3ccccc3c21. The maximum atomic E-state index is 14.1. The number of alkyl halides is 1. The molecule has 6 rings (SSSR count). The summed E-state index contributed by atoms with van der Waals surface area (Å²) < 4.78 is 17.8. The monoisotopic (exact) mass is 623 g/mol. The molecule has 2 aliphatic heterocycles. The van der Waals surface area contributed by atoms with Crippen LogP contribution in [0, 0.1) is 0 Å². The van der Waals surface area contributed by atoms with Gasteiger partial charge in [-0.25, -0.2) is 0 Å². The largest absolute Gasteiger partial charge is 0.492 e. The Kier molecular flexibility index (Phi) is 8.49. The first kappa shape index (κ1) is 30.6. The van der Waals surface area contributed by atoms with Crippen LogP contribution in [0.15, 0.2) is 54.6 Å². The van der Waals surface area contributed by atoms with E-state index in [4.69, 9.17) is 25.8 Å². The highest BCUT2D eigenvalue weighted by molar-refractivity contribution is 6.22. The van der Waals surface area contributed by atoms with Crippen LogP contribution in [-0.4, -0.2) is 101 Å². The van der Waals surface area contributed by atoms with E-state index in [1.807, 2.05) is 74.4 Å². The number of fused-ring (bicyclic) bond motifs is 4. The van der Waals surface area contributed by atoms with Crippen molar-refractivity contribution in [3.05, 3.63) is 65.9 Å². The van der Waals surface area contributed by atoms with E-state index >= 15 is 0 Å². The molecule has 1 aromatic heterocycles. The molecule has 3 heterocycles. The fraction of sp³-hybridized carbons (Fsp3) is 0.424. The molecule has 4 aromatic rings. The lowest BCUT2D eigenvalue weighted by atomic mass is 9.92. The van der Waals surface area contributed by atoms with Crippen molar-refractivity contribution in [2.75, 3.05) is 38.7 Å². The minimum atomic E-state index is -1.48. The lowest BCUT2D eigenvalue weighted by Crippen LogP contribution is -2.58. The number of carbonyl (C=O) groups is 1. The van der Waals surface area contributed by atoms with Crippen LogP contribution in [-0.2, 0) is 4.74 Å². The molecule has 0 saturated carbocycles. The van der Waals surface area contributed by atoms with Gasteiger partial charge in [0.25, 0.3) is 5.91 Å². The zero-order valence-electron chi connectivity index (χ0n) is 25.1. The topological polar surface area (TPSA) is 128 Å². The minimum Gasteiger partial charge on any atom is -0.492 e. The Balaban J connectivity index is 1.36. The molecule has 0 radical (unpaired) electrons. The number of aliphatic hydroxyl groups is 3. The first-order valence-corrected chi connectivity index (χ1v) is 15.2. The predicted octanol–water partition coefficient (Wildman–Crippen LogP) is 3.84. The highest BCUT2D eigenvalue weighted by atomic mass is 35.5. The Hall–Kier alpha value is -3.38. The smallest absolute Gasteiger partial charge is 0.274 e. The molecule has 1 saturated heterocycles. The Morgan fingerprint density at radius 1 is 1.09 bits per heavy atom. The molecule has 0 spiro atoms. The van der Waals surface area contributed by atoms with Gasteiger partial charge in [-0.15, -0.1) is 11.6 Å². The van der Waals surface area contributed by atoms with E-state index in [0.717, 1.165) is 39.5 Å². The first-order chi connectivity index (χ1) is 21.0. The van der Waals surface area contributed by atoms with Crippen LogP contribution in [0.5, 0.6) is 11.5 Å². The number of anilines is 1. The van der Waals surface area contributed by atoms with Crippen LogP contribution >= 0.6 is 11.6 Å². The van der Waals surface area contributed by atoms with Crippen molar-refractivity contribution in [1.29, 1.82) is 0 Å². The van der Waals surface area contributed by atoms with Gasteiger partial charge in [0.2, 0.25) is 6.29 Å². The van der Waals surface area contributed by atoms with E-state index in [0.29, 0.717) is 30.3 Å². The van der Waals surface area contributed by atoms with Gasteiger partial charge in [0.1, 0.15) is 42.1 Å². The second kappa shape index (κ2) is 12.2. The standard InChI is InChI=1S/C33H38ClN3O7/c1-17(34)23-16-37(32(41)25-14-19-13-20(9-10-24(19)35-25)42-12-11-36(3)4)26-15-27(21-7-5-6-8-22(21)28(23)26)44-33-31(40)30(39)29(38)18(2)43-33/h5-10,13-15,17-18,23,29-31,33,35,38-40H,11-12,16H2,1-4H3/t17?,18-,23?,29-,30+,31+,33-/m0/s1. The molecule has 2 aliphatic rings. The number of nitrogens with one attached hydrogen (secondary N) is 1. The summed E-state index contributed by atoms with van der Waals surface area (Å²) >= 11 is 6.73. The van der Waals surface area contributed by atoms with E-state index in [1.54, 1.807) is 17.9 Å². The quantitative estimate of drug-likeness (QED) is 0.218. The van der Waals surface area contributed by atoms with Crippen LogP contribution in [0.4, 0.5) is 5.69 Å². The fourth-order valence-electron chi connectivity index (χ4n) is 6.06. The normalized spacial score (nSPS) is 25.9. The van der Waals surface area contributed by atoms with Crippen molar-refractivity contribution >= 4 is 44.9 Å². The molecule has 1 amide bonds. The summed E-state index contributed by atoms with van der Waals surface area (Å²) in [5.74, 6) is 0.729. The fourth-order valence-corrected chi connectivity index (χ4v) is 6.26. The van der Waals surface area contributed by atoms with E-state index in [-0.39, 0.29) is 17.2 Å². The summed E-state index contributed by atoms with van der Waals surface area (Å²) in [5, 5.41) is 33.4. The van der Waals surface area contributed by atoms with Gasteiger partial charge in [-0.3, -0.25) is 4.79 Å². The van der Waals surface area contributed by atoms with Crippen LogP contribution in [0.25, 0.3) is 21.7 Å². The third-order valence-electron chi connectivity index (χ3n) is 8.55. The molecule has 3 aromatic carbocycles. The number of benzene rings is 3. The van der Waals surface area contributed by atoms with Gasteiger partial charge in [0, 0.05) is 46.7 Å². The number of amides is 1. The molecule has 0 aliphatic carbocycles. The number of H-pyrrole nitrogens is 1. The summed E-state index contributed by atoms with van der Waals surface area (Å²) in [6.07, 6.45) is -6.17. The third-order valence-corrected chi connectivity index (χ3v) is 8.85. The van der Waals surface area contributed by atoms with Gasteiger partial charge in [-0.05, 0) is 63.2 Å². The molecular formula is C33H38ClN3O7. The van der Waals surface area contributed by atoms with Crippen molar-refractivity contribution in [2.24, 2.45) is 0 Å². The average Bonchev–Trinajstić information content (AvgIpc) is 3.60. The zero-order chi connectivity index (χ0) is 31.3. The third kappa shape index (κ3) is 5.62. The van der Waals surface area contributed by atoms with Crippen molar-refractivity contribution in [3.63, 3.8) is 0 Å². The molecule has 4 N–H and O–H groups in total. The molecule has 11 heteroatoms. The predicted molar refractivity (Wildman–Crippen MR) is 169 cm³/mol. The minimum absolute atomic E-state index is 0.149. The number of aromatic amines is 1. The number of halogens is 1. The first-order valence-electron chi connectivity index (χ1n) is 14.8. The van der Waals surface area contributed by atoms with E-state index in [2.05, 4.69) is 4.98 Å². The number of ether oxygens (including phenoxy) is 3. The Labute approximate surface area is 260 Å². The summed E-state index contributed by atoms with van der Waals surface area (Å²) in [6, 6.07) is 16.9. The maximum absolute atomic E-state index is 14.1. The molecule has 234 valence electrons. The molecule has 1 fully saturated rings. The number of hydrogen-bond donors (Lipinski definition) is 4. The van der Waals surface area contributed by atoms with Crippen LogP contribution in [0.1, 0.15) is 35.8 Å². The highest BCUT2D eigenvalue weighted by Gasteiger charge is 2.44. The van der Waals surface area contributed by atoms with Crippen molar-refractivity contribution in [2.45, 2.75) is 55.8 Å². The molecule has 0 bridgehead atoms. The summed E-state index contributed by atoms with van der Waals surface area (Å²) in [4.78, 5) is 21.2. The Morgan fingerprint density at radius 2 is 1.84 bits per heavy atom.